The number of amides is 2. The van der Waals surface area contributed by atoms with E-state index in [2.05, 4.69) is 10.3 Å². The van der Waals surface area contributed by atoms with Gasteiger partial charge in [0.05, 0.1) is 11.8 Å². The molecule has 0 bridgehead atoms. The highest BCUT2D eigenvalue weighted by molar-refractivity contribution is 5.73. The molecule has 2 amide bonds. The Bertz CT molecular complexity index is 651. The van der Waals surface area contributed by atoms with Gasteiger partial charge in [-0.1, -0.05) is 18.9 Å². The van der Waals surface area contributed by atoms with E-state index in [4.69, 9.17) is 0 Å². The van der Waals surface area contributed by atoms with Crippen molar-refractivity contribution in [2.45, 2.75) is 38.2 Å². The number of hydrogen-bond donors (Lipinski definition) is 2. The van der Waals surface area contributed by atoms with Crippen molar-refractivity contribution in [2.24, 2.45) is 5.92 Å². The maximum atomic E-state index is 12.2. The van der Waals surface area contributed by atoms with Gasteiger partial charge in [-0.05, 0) is 25.0 Å². The minimum Gasteiger partial charge on any atom is -0.393 e. The number of carbonyl (C=O) groups excluding carboxylic acids is 1. The minimum absolute atomic E-state index is 0.0865. The smallest absolute Gasteiger partial charge is 0.317 e. The van der Waals surface area contributed by atoms with Gasteiger partial charge in [-0.15, -0.1) is 0 Å². The number of fused-ring (bicyclic) bond motifs is 1. The molecular formula is C18H26N4O2. The third-order valence-corrected chi connectivity index (χ3v) is 4.80. The predicted octanol–water partition coefficient (Wildman–Crippen LogP) is 2.07. The molecule has 2 atom stereocenters. The van der Waals surface area contributed by atoms with Crippen molar-refractivity contribution >= 4 is 11.7 Å². The van der Waals surface area contributed by atoms with Crippen molar-refractivity contribution in [1.82, 2.24) is 19.6 Å². The Balaban J connectivity index is 1.44. The SMILES string of the molecule is CN(CC1CCCCC1O)C(=O)NCCc1cn2ccccc2n1. The summed E-state index contributed by atoms with van der Waals surface area (Å²) in [5, 5.41) is 13.0. The summed E-state index contributed by atoms with van der Waals surface area (Å²) in [4.78, 5) is 18.4. The quantitative estimate of drug-likeness (QED) is 0.882. The highest BCUT2D eigenvalue weighted by Gasteiger charge is 2.25. The normalized spacial score (nSPS) is 20.9. The lowest BCUT2D eigenvalue weighted by Crippen LogP contribution is -2.43. The molecule has 3 rings (SSSR count). The Morgan fingerprint density at radius 2 is 2.25 bits per heavy atom. The van der Waals surface area contributed by atoms with Crippen LogP contribution >= 0.6 is 0 Å². The van der Waals surface area contributed by atoms with Gasteiger partial charge in [0.25, 0.3) is 0 Å². The summed E-state index contributed by atoms with van der Waals surface area (Å²) in [6.07, 6.45) is 8.47. The number of nitrogens with one attached hydrogen (secondary N) is 1. The molecule has 0 aliphatic heterocycles. The monoisotopic (exact) mass is 330 g/mol. The largest absolute Gasteiger partial charge is 0.393 e. The molecule has 6 nitrogen and oxygen atoms in total. The Kier molecular flexibility index (Phi) is 5.35. The number of rotatable bonds is 5. The predicted molar refractivity (Wildman–Crippen MR) is 92.9 cm³/mol. The van der Waals surface area contributed by atoms with E-state index < -0.39 is 0 Å². The summed E-state index contributed by atoms with van der Waals surface area (Å²) in [5.41, 5.74) is 1.88. The Morgan fingerprint density at radius 3 is 3.04 bits per heavy atom. The highest BCUT2D eigenvalue weighted by atomic mass is 16.3. The number of imidazole rings is 1. The first-order valence-electron chi connectivity index (χ1n) is 8.73. The molecule has 24 heavy (non-hydrogen) atoms. The number of carbonyl (C=O) groups is 1. The molecule has 0 saturated heterocycles. The molecule has 130 valence electrons. The van der Waals surface area contributed by atoms with Crippen molar-refractivity contribution in [3.63, 3.8) is 0 Å². The fourth-order valence-electron chi connectivity index (χ4n) is 3.38. The highest BCUT2D eigenvalue weighted by Crippen LogP contribution is 2.24. The van der Waals surface area contributed by atoms with E-state index in [1.54, 1.807) is 11.9 Å². The van der Waals surface area contributed by atoms with Gasteiger partial charge in [0, 0.05) is 44.9 Å². The van der Waals surface area contributed by atoms with Crippen LogP contribution in [0.25, 0.3) is 5.65 Å². The van der Waals surface area contributed by atoms with Crippen LogP contribution in [-0.2, 0) is 6.42 Å². The van der Waals surface area contributed by atoms with Gasteiger partial charge in [0.2, 0.25) is 0 Å². The molecule has 0 radical (unpaired) electrons. The van der Waals surface area contributed by atoms with E-state index >= 15 is 0 Å². The van der Waals surface area contributed by atoms with Crippen molar-refractivity contribution in [1.29, 1.82) is 0 Å². The Morgan fingerprint density at radius 1 is 1.42 bits per heavy atom. The van der Waals surface area contributed by atoms with Crippen LogP contribution in [0, 0.1) is 5.92 Å². The molecule has 2 heterocycles. The second-order valence-corrected chi connectivity index (χ2v) is 6.67. The van der Waals surface area contributed by atoms with E-state index in [1.807, 2.05) is 35.0 Å². The molecule has 0 spiro atoms. The third kappa shape index (κ3) is 4.06. The first kappa shape index (κ1) is 16.8. The van der Waals surface area contributed by atoms with Crippen molar-refractivity contribution in [3.8, 4) is 0 Å². The topological polar surface area (TPSA) is 69.9 Å². The molecule has 2 unspecified atom stereocenters. The van der Waals surface area contributed by atoms with Gasteiger partial charge < -0.3 is 19.7 Å². The van der Waals surface area contributed by atoms with Gasteiger partial charge in [-0.3, -0.25) is 0 Å². The molecule has 1 saturated carbocycles. The van der Waals surface area contributed by atoms with Gasteiger partial charge >= 0.3 is 6.03 Å². The van der Waals surface area contributed by atoms with Crippen molar-refractivity contribution in [3.05, 3.63) is 36.3 Å². The lowest BCUT2D eigenvalue weighted by Gasteiger charge is -2.31. The number of aliphatic hydroxyl groups excluding tert-OH is 1. The fraction of sp³-hybridized carbons (Fsp3) is 0.556. The van der Waals surface area contributed by atoms with E-state index in [-0.39, 0.29) is 18.1 Å². The van der Waals surface area contributed by atoms with Crippen LogP contribution in [0.3, 0.4) is 0 Å². The zero-order chi connectivity index (χ0) is 16.9. The third-order valence-electron chi connectivity index (χ3n) is 4.80. The van der Waals surface area contributed by atoms with Crippen LogP contribution in [0.1, 0.15) is 31.4 Å². The van der Waals surface area contributed by atoms with E-state index in [1.165, 1.54) is 0 Å². The molecular weight excluding hydrogens is 304 g/mol. The first-order valence-corrected chi connectivity index (χ1v) is 8.73. The summed E-state index contributed by atoms with van der Waals surface area (Å²) in [7, 11) is 1.79. The van der Waals surface area contributed by atoms with E-state index in [9.17, 15) is 9.90 Å². The van der Waals surface area contributed by atoms with Gasteiger partial charge in [0.15, 0.2) is 0 Å². The lowest BCUT2D eigenvalue weighted by molar-refractivity contribution is 0.0565. The van der Waals surface area contributed by atoms with Crippen LogP contribution in [0.4, 0.5) is 4.79 Å². The van der Waals surface area contributed by atoms with Crippen molar-refractivity contribution < 1.29 is 9.90 Å². The molecule has 2 aromatic heterocycles. The van der Waals surface area contributed by atoms with Crippen LogP contribution in [0.5, 0.6) is 0 Å². The number of aromatic nitrogens is 2. The summed E-state index contributed by atoms with van der Waals surface area (Å²) in [6.45, 7) is 1.17. The number of nitrogens with zero attached hydrogens (tertiary/aromatic N) is 3. The Hall–Kier alpha value is -2.08. The second kappa shape index (κ2) is 7.66. The second-order valence-electron chi connectivity index (χ2n) is 6.67. The minimum atomic E-state index is -0.271. The maximum Gasteiger partial charge on any atom is 0.317 e. The number of hydrogen-bond acceptors (Lipinski definition) is 3. The fourth-order valence-corrected chi connectivity index (χ4v) is 3.38. The van der Waals surface area contributed by atoms with Crippen LogP contribution < -0.4 is 5.32 Å². The number of urea groups is 1. The maximum absolute atomic E-state index is 12.2. The molecule has 2 aromatic rings. The summed E-state index contributed by atoms with van der Waals surface area (Å²) >= 11 is 0. The van der Waals surface area contributed by atoms with E-state index in [0.29, 0.717) is 19.5 Å². The van der Waals surface area contributed by atoms with Gasteiger partial charge in [0.1, 0.15) is 5.65 Å². The molecule has 2 N–H and O–H groups in total. The zero-order valence-corrected chi connectivity index (χ0v) is 14.2. The van der Waals surface area contributed by atoms with Crippen LogP contribution in [-0.4, -0.2) is 51.7 Å². The average molecular weight is 330 g/mol. The molecule has 1 fully saturated rings. The van der Waals surface area contributed by atoms with Gasteiger partial charge in [-0.2, -0.15) is 0 Å². The van der Waals surface area contributed by atoms with Crippen LogP contribution in [0.2, 0.25) is 0 Å². The summed E-state index contributed by atoms with van der Waals surface area (Å²) < 4.78 is 1.98. The standard InChI is InChI=1S/C18H26N4O2/c1-21(12-14-6-2-3-7-16(14)23)18(24)19-10-9-15-13-22-11-5-4-8-17(22)20-15/h4-5,8,11,13-14,16,23H,2-3,6-7,9-10,12H2,1H3,(H,19,24). The van der Waals surface area contributed by atoms with E-state index in [0.717, 1.165) is 37.0 Å². The summed E-state index contributed by atoms with van der Waals surface area (Å²) in [5.74, 6) is 0.202. The first-order chi connectivity index (χ1) is 11.6. The zero-order valence-electron chi connectivity index (χ0n) is 14.2. The molecule has 6 heteroatoms. The average Bonchev–Trinajstić information content (AvgIpc) is 2.99. The lowest BCUT2D eigenvalue weighted by atomic mass is 9.86. The van der Waals surface area contributed by atoms with Gasteiger partial charge in [-0.25, -0.2) is 9.78 Å². The Labute approximate surface area is 142 Å². The summed E-state index contributed by atoms with van der Waals surface area (Å²) in [6, 6.07) is 5.81. The number of pyridine rings is 1. The molecule has 0 aromatic carbocycles. The molecule has 1 aliphatic carbocycles. The molecule has 1 aliphatic rings. The number of aliphatic hydroxyl groups is 1. The van der Waals surface area contributed by atoms with Crippen molar-refractivity contribution in [2.75, 3.05) is 20.1 Å². The van der Waals surface area contributed by atoms with Crippen LogP contribution in [0.15, 0.2) is 30.6 Å².